The SMILES string of the molecule is OC1(Cc2cn3ccsc3n2)CCC(C(F)(F)F)CC1. The number of hydrogen-bond donors (Lipinski definition) is 1. The summed E-state index contributed by atoms with van der Waals surface area (Å²) >= 11 is 1.49. The number of halogens is 3. The normalized spacial score (nSPS) is 28.1. The van der Waals surface area contributed by atoms with Crippen molar-refractivity contribution < 1.29 is 18.3 Å². The Hall–Kier alpha value is -1.08. The van der Waals surface area contributed by atoms with Crippen LogP contribution in [0.2, 0.25) is 0 Å². The minimum atomic E-state index is -4.14. The summed E-state index contributed by atoms with van der Waals surface area (Å²) in [4.78, 5) is 5.22. The minimum absolute atomic E-state index is 0.00220. The predicted molar refractivity (Wildman–Crippen MR) is 69.7 cm³/mol. The number of alkyl halides is 3. The minimum Gasteiger partial charge on any atom is -0.389 e. The van der Waals surface area contributed by atoms with E-state index in [1.807, 2.05) is 22.2 Å². The second-order valence-electron chi connectivity index (χ2n) is 5.54. The molecule has 7 heteroatoms. The van der Waals surface area contributed by atoms with E-state index in [0.29, 0.717) is 6.42 Å². The van der Waals surface area contributed by atoms with Crippen LogP contribution in [0.3, 0.4) is 0 Å². The molecule has 1 N–H and O–H groups in total. The molecule has 0 aromatic carbocycles. The fourth-order valence-electron chi connectivity index (χ4n) is 2.86. The lowest BCUT2D eigenvalue weighted by Crippen LogP contribution is -2.39. The highest BCUT2D eigenvalue weighted by molar-refractivity contribution is 7.15. The molecule has 0 bridgehead atoms. The molecule has 2 aromatic rings. The number of nitrogens with zero attached hydrogens (tertiary/aromatic N) is 2. The molecule has 1 aliphatic rings. The van der Waals surface area contributed by atoms with Gasteiger partial charge in [-0.3, -0.25) is 4.40 Å². The Morgan fingerprint density at radius 1 is 1.40 bits per heavy atom. The number of fused-ring (bicyclic) bond motifs is 1. The number of aromatic nitrogens is 2. The second kappa shape index (κ2) is 4.73. The summed E-state index contributed by atoms with van der Waals surface area (Å²) in [5.74, 6) is -1.27. The summed E-state index contributed by atoms with van der Waals surface area (Å²) in [5.41, 5.74) is -0.309. The first-order chi connectivity index (χ1) is 9.36. The van der Waals surface area contributed by atoms with E-state index < -0.39 is 17.7 Å². The third kappa shape index (κ3) is 2.69. The molecule has 1 saturated carbocycles. The zero-order valence-corrected chi connectivity index (χ0v) is 11.5. The molecule has 0 aliphatic heterocycles. The van der Waals surface area contributed by atoms with Gasteiger partial charge in [0, 0.05) is 24.2 Å². The third-order valence-corrected chi connectivity index (χ3v) is 4.80. The molecule has 110 valence electrons. The van der Waals surface area contributed by atoms with Gasteiger partial charge in [-0.05, 0) is 25.7 Å². The fourth-order valence-corrected chi connectivity index (χ4v) is 3.58. The zero-order chi connectivity index (χ0) is 14.4. The summed E-state index contributed by atoms with van der Waals surface area (Å²) in [6.45, 7) is 0. The highest BCUT2D eigenvalue weighted by Crippen LogP contribution is 2.42. The Kier molecular flexibility index (Phi) is 3.29. The van der Waals surface area contributed by atoms with Gasteiger partial charge in [0.25, 0.3) is 0 Å². The lowest BCUT2D eigenvalue weighted by atomic mass is 9.76. The number of hydrogen-bond acceptors (Lipinski definition) is 3. The highest BCUT2D eigenvalue weighted by atomic mass is 32.1. The van der Waals surface area contributed by atoms with Crippen LogP contribution in [0, 0.1) is 5.92 Å². The summed E-state index contributed by atoms with van der Waals surface area (Å²) < 4.78 is 39.7. The number of thiazole rings is 1. The average molecular weight is 304 g/mol. The van der Waals surface area contributed by atoms with E-state index in [1.165, 1.54) is 11.3 Å². The summed E-state index contributed by atoms with van der Waals surface area (Å²) in [5, 5.41) is 12.4. The zero-order valence-electron chi connectivity index (χ0n) is 10.7. The van der Waals surface area contributed by atoms with Gasteiger partial charge in [0.05, 0.1) is 17.2 Å². The largest absolute Gasteiger partial charge is 0.391 e. The lowest BCUT2D eigenvalue weighted by molar-refractivity contribution is -0.192. The van der Waals surface area contributed by atoms with E-state index in [1.54, 1.807) is 0 Å². The maximum absolute atomic E-state index is 12.6. The van der Waals surface area contributed by atoms with Crippen LogP contribution < -0.4 is 0 Å². The molecule has 1 fully saturated rings. The molecular formula is C13H15F3N2OS. The van der Waals surface area contributed by atoms with Crippen molar-refractivity contribution in [2.24, 2.45) is 5.92 Å². The maximum Gasteiger partial charge on any atom is 0.391 e. The van der Waals surface area contributed by atoms with Gasteiger partial charge in [-0.15, -0.1) is 11.3 Å². The van der Waals surface area contributed by atoms with Crippen LogP contribution in [0.25, 0.3) is 4.96 Å². The first-order valence-corrected chi connectivity index (χ1v) is 7.44. The second-order valence-corrected chi connectivity index (χ2v) is 6.42. The van der Waals surface area contributed by atoms with Crippen LogP contribution in [0.1, 0.15) is 31.4 Å². The van der Waals surface area contributed by atoms with Gasteiger partial charge in [-0.25, -0.2) is 4.98 Å². The smallest absolute Gasteiger partial charge is 0.389 e. The van der Waals surface area contributed by atoms with Crippen LogP contribution in [-0.4, -0.2) is 26.3 Å². The van der Waals surface area contributed by atoms with E-state index >= 15 is 0 Å². The van der Waals surface area contributed by atoms with Crippen molar-refractivity contribution >= 4 is 16.3 Å². The molecule has 20 heavy (non-hydrogen) atoms. The van der Waals surface area contributed by atoms with Crippen LogP contribution in [0.5, 0.6) is 0 Å². The number of aliphatic hydroxyl groups is 1. The van der Waals surface area contributed by atoms with Crippen molar-refractivity contribution in [3.05, 3.63) is 23.5 Å². The topological polar surface area (TPSA) is 37.5 Å². The molecule has 2 heterocycles. The lowest BCUT2D eigenvalue weighted by Gasteiger charge is -2.36. The average Bonchev–Trinajstić information content (AvgIpc) is 2.88. The molecule has 0 amide bonds. The van der Waals surface area contributed by atoms with Crippen LogP contribution in [-0.2, 0) is 6.42 Å². The van der Waals surface area contributed by atoms with Gasteiger partial charge in [0.2, 0.25) is 0 Å². The number of rotatable bonds is 2. The molecule has 3 rings (SSSR count). The van der Waals surface area contributed by atoms with Crippen molar-refractivity contribution in [2.75, 3.05) is 0 Å². The quantitative estimate of drug-likeness (QED) is 0.923. The van der Waals surface area contributed by atoms with Gasteiger partial charge in [-0.2, -0.15) is 13.2 Å². The molecule has 3 nitrogen and oxygen atoms in total. The Morgan fingerprint density at radius 2 is 2.10 bits per heavy atom. The molecule has 2 aromatic heterocycles. The van der Waals surface area contributed by atoms with Gasteiger partial charge in [0.1, 0.15) is 0 Å². The van der Waals surface area contributed by atoms with Crippen molar-refractivity contribution in [3.63, 3.8) is 0 Å². The van der Waals surface area contributed by atoms with Gasteiger partial charge in [-0.1, -0.05) is 0 Å². The Bertz CT molecular complexity index is 568. The van der Waals surface area contributed by atoms with Gasteiger partial charge in [0.15, 0.2) is 4.96 Å². The van der Waals surface area contributed by atoms with Crippen molar-refractivity contribution in [1.82, 2.24) is 9.38 Å². The molecule has 1 aliphatic carbocycles. The molecule has 0 atom stereocenters. The van der Waals surface area contributed by atoms with E-state index in [0.717, 1.165) is 10.7 Å². The molecular weight excluding hydrogens is 289 g/mol. The van der Waals surface area contributed by atoms with E-state index in [-0.39, 0.29) is 25.7 Å². The summed E-state index contributed by atoms with van der Waals surface area (Å²) in [6, 6.07) is 0. The van der Waals surface area contributed by atoms with Crippen molar-refractivity contribution in [2.45, 2.75) is 43.9 Å². The molecule has 0 unspecified atom stereocenters. The first kappa shape index (κ1) is 13.9. The fraction of sp³-hybridized carbons (Fsp3) is 0.615. The van der Waals surface area contributed by atoms with Gasteiger partial charge < -0.3 is 5.11 Å². The van der Waals surface area contributed by atoms with E-state index in [9.17, 15) is 18.3 Å². The first-order valence-electron chi connectivity index (χ1n) is 6.56. The molecule has 0 radical (unpaired) electrons. The Labute approximate surface area is 118 Å². The Balaban J connectivity index is 1.67. The van der Waals surface area contributed by atoms with Crippen molar-refractivity contribution in [1.29, 1.82) is 0 Å². The predicted octanol–water partition coefficient (Wildman–Crippen LogP) is 3.42. The maximum atomic E-state index is 12.6. The van der Waals surface area contributed by atoms with Crippen molar-refractivity contribution in [3.8, 4) is 0 Å². The van der Waals surface area contributed by atoms with E-state index in [2.05, 4.69) is 4.98 Å². The van der Waals surface area contributed by atoms with Crippen LogP contribution in [0.15, 0.2) is 17.8 Å². The van der Waals surface area contributed by atoms with E-state index in [4.69, 9.17) is 0 Å². The van der Waals surface area contributed by atoms with Crippen LogP contribution >= 0.6 is 11.3 Å². The standard InChI is InChI=1S/C13H15F3N2OS/c14-13(15,16)9-1-3-12(19,4-2-9)7-10-8-18-5-6-20-11(18)17-10/h5-6,8-9,19H,1-4,7H2. The highest BCUT2D eigenvalue weighted by Gasteiger charge is 2.45. The third-order valence-electron chi connectivity index (χ3n) is 4.03. The summed E-state index contributed by atoms with van der Waals surface area (Å²) in [6.07, 6.45) is 0.264. The summed E-state index contributed by atoms with van der Waals surface area (Å²) in [7, 11) is 0. The number of imidazole rings is 1. The van der Waals surface area contributed by atoms with Gasteiger partial charge >= 0.3 is 6.18 Å². The monoisotopic (exact) mass is 304 g/mol. The Morgan fingerprint density at radius 3 is 2.70 bits per heavy atom. The molecule has 0 spiro atoms. The van der Waals surface area contributed by atoms with Crippen LogP contribution in [0.4, 0.5) is 13.2 Å². The molecule has 0 saturated heterocycles.